The second kappa shape index (κ2) is 5.27. The molecule has 7 heteroatoms. The third-order valence-electron chi connectivity index (χ3n) is 2.32. The van der Waals surface area contributed by atoms with Crippen molar-refractivity contribution in [3.63, 3.8) is 0 Å². The number of anilines is 1. The summed E-state index contributed by atoms with van der Waals surface area (Å²) in [6, 6.07) is 6.17. The summed E-state index contributed by atoms with van der Waals surface area (Å²) in [4.78, 5) is 0.151. The second-order valence-electron chi connectivity index (χ2n) is 3.57. The number of rotatable bonds is 4. The van der Waals surface area contributed by atoms with Crippen LogP contribution in [-0.4, -0.2) is 8.42 Å². The molecule has 0 aliphatic rings. The molecule has 2 rings (SSSR count). The number of thiophene rings is 1. The summed E-state index contributed by atoms with van der Waals surface area (Å²) < 4.78 is 26.7. The molecule has 0 fully saturated rings. The molecular weight excluding hydrogens is 292 g/mol. The zero-order valence-corrected chi connectivity index (χ0v) is 11.6. The molecule has 1 aromatic heterocycles. The van der Waals surface area contributed by atoms with E-state index >= 15 is 0 Å². The monoisotopic (exact) mass is 302 g/mol. The standard InChI is InChI=1S/C11H11ClN2O2S2/c12-11-2-1-10(5-8(11)6-13)18(15,16)14-9-3-4-17-7-9/h1-5,7,14H,6,13H2. The molecule has 0 saturated carbocycles. The molecule has 18 heavy (non-hydrogen) atoms. The number of hydrogen-bond acceptors (Lipinski definition) is 4. The van der Waals surface area contributed by atoms with E-state index in [1.54, 1.807) is 16.8 Å². The number of hydrogen-bond donors (Lipinski definition) is 2. The second-order valence-corrected chi connectivity index (χ2v) is 6.44. The quantitative estimate of drug-likeness (QED) is 0.912. The Morgan fingerprint density at radius 3 is 2.72 bits per heavy atom. The smallest absolute Gasteiger partial charge is 0.261 e. The predicted octanol–water partition coefficient (Wildman–Crippen LogP) is 2.66. The molecule has 1 aromatic carbocycles. The van der Waals surface area contributed by atoms with Crippen LogP contribution in [0.5, 0.6) is 0 Å². The largest absolute Gasteiger partial charge is 0.326 e. The van der Waals surface area contributed by atoms with Gasteiger partial charge in [0.05, 0.1) is 10.6 Å². The zero-order chi connectivity index (χ0) is 13.2. The van der Waals surface area contributed by atoms with E-state index in [-0.39, 0.29) is 11.4 Å². The maximum atomic E-state index is 12.1. The lowest BCUT2D eigenvalue weighted by atomic mass is 10.2. The lowest BCUT2D eigenvalue weighted by Crippen LogP contribution is -2.13. The molecule has 0 amide bonds. The summed E-state index contributed by atoms with van der Waals surface area (Å²) in [5.74, 6) is 0. The van der Waals surface area contributed by atoms with Crippen molar-refractivity contribution in [1.29, 1.82) is 0 Å². The molecule has 0 atom stereocenters. The topological polar surface area (TPSA) is 72.2 Å². The van der Waals surface area contributed by atoms with Gasteiger partial charge in [-0.15, -0.1) is 0 Å². The maximum Gasteiger partial charge on any atom is 0.261 e. The van der Waals surface area contributed by atoms with Crippen molar-refractivity contribution in [1.82, 2.24) is 0 Å². The fourth-order valence-electron chi connectivity index (χ4n) is 1.41. The van der Waals surface area contributed by atoms with Crippen LogP contribution in [0.15, 0.2) is 39.9 Å². The van der Waals surface area contributed by atoms with Gasteiger partial charge in [-0.3, -0.25) is 4.72 Å². The molecule has 96 valence electrons. The van der Waals surface area contributed by atoms with Crippen molar-refractivity contribution < 1.29 is 8.42 Å². The lowest BCUT2D eigenvalue weighted by molar-refractivity contribution is 0.601. The van der Waals surface area contributed by atoms with Crippen LogP contribution in [0.2, 0.25) is 5.02 Å². The minimum Gasteiger partial charge on any atom is -0.326 e. The van der Waals surface area contributed by atoms with Crippen LogP contribution in [-0.2, 0) is 16.6 Å². The predicted molar refractivity (Wildman–Crippen MR) is 74.5 cm³/mol. The first-order chi connectivity index (χ1) is 8.53. The molecule has 1 heterocycles. The van der Waals surface area contributed by atoms with Gasteiger partial charge in [0.1, 0.15) is 0 Å². The lowest BCUT2D eigenvalue weighted by Gasteiger charge is -2.08. The Bertz CT molecular complexity index is 639. The van der Waals surface area contributed by atoms with Crippen molar-refractivity contribution in [3.8, 4) is 0 Å². The Morgan fingerprint density at radius 2 is 2.11 bits per heavy atom. The van der Waals surface area contributed by atoms with Gasteiger partial charge in [0, 0.05) is 16.9 Å². The van der Waals surface area contributed by atoms with E-state index in [9.17, 15) is 8.42 Å². The molecule has 4 nitrogen and oxygen atoms in total. The van der Waals surface area contributed by atoms with Gasteiger partial charge in [0.2, 0.25) is 0 Å². The van der Waals surface area contributed by atoms with Crippen molar-refractivity contribution in [3.05, 3.63) is 45.6 Å². The normalized spacial score (nSPS) is 11.4. The minimum atomic E-state index is -3.59. The van der Waals surface area contributed by atoms with Gasteiger partial charge in [0.25, 0.3) is 10.0 Å². The van der Waals surface area contributed by atoms with Gasteiger partial charge >= 0.3 is 0 Å². The fraction of sp³-hybridized carbons (Fsp3) is 0.0909. The van der Waals surface area contributed by atoms with E-state index in [0.717, 1.165) is 0 Å². The van der Waals surface area contributed by atoms with E-state index < -0.39 is 10.0 Å². The molecule has 0 radical (unpaired) electrons. The summed E-state index contributed by atoms with van der Waals surface area (Å²) in [5, 5.41) is 3.98. The number of nitrogens with two attached hydrogens (primary N) is 1. The van der Waals surface area contributed by atoms with Crippen LogP contribution >= 0.6 is 22.9 Å². The highest BCUT2D eigenvalue weighted by Gasteiger charge is 2.15. The third-order valence-corrected chi connectivity index (χ3v) is 4.75. The van der Waals surface area contributed by atoms with Crippen molar-refractivity contribution in [2.24, 2.45) is 5.73 Å². The summed E-state index contributed by atoms with van der Waals surface area (Å²) in [6.07, 6.45) is 0. The van der Waals surface area contributed by atoms with Crippen LogP contribution in [0, 0.1) is 0 Å². The van der Waals surface area contributed by atoms with Crippen molar-refractivity contribution in [2.45, 2.75) is 11.4 Å². The van der Waals surface area contributed by atoms with Crippen molar-refractivity contribution in [2.75, 3.05) is 4.72 Å². The minimum absolute atomic E-state index is 0.151. The van der Waals surface area contributed by atoms with Gasteiger partial charge in [-0.2, -0.15) is 11.3 Å². The SMILES string of the molecule is NCc1cc(S(=O)(=O)Nc2ccsc2)ccc1Cl. The third kappa shape index (κ3) is 2.84. The van der Waals surface area contributed by atoms with E-state index in [1.165, 1.54) is 29.5 Å². The summed E-state index contributed by atoms with van der Waals surface area (Å²) >= 11 is 7.31. The average Bonchev–Trinajstić information content (AvgIpc) is 2.81. The van der Waals surface area contributed by atoms with Crippen LogP contribution in [0.4, 0.5) is 5.69 Å². The molecule has 0 aliphatic heterocycles. The first kappa shape index (κ1) is 13.4. The Kier molecular flexibility index (Phi) is 3.91. The molecule has 2 aromatic rings. The van der Waals surface area contributed by atoms with Crippen LogP contribution in [0.25, 0.3) is 0 Å². The van der Waals surface area contributed by atoms with E-state index in [1.807, 2.05) is 0 Å². The van der Waals surface area contributed by atoms with Gasteiger partial charge in [-0.1, -0.05) is 11.6 Å². The maximum absolute atomic E-state index is 12.1. The first-order valence-corrected chi connectivity index (χ1v) is 7.87. The molecule has 0 bridgehead atoms. The fourth-order valence-corrected chi connectivity index (χ4v) is 3.37. The molecule has 3 N–H and O–H groups in total. The van der Waals surface area contributed by atoms with E-state index in [4.69, 9.17) is 17.3 Å². The Hall–Kier alpha value is -1.08. The number of halogens is 1. The average molecular weight is 303 g/mol. The molecule has 0 aliphatic carbocycles. The van der Waals surface area contributed by atoms with Gasteiger partial charge in [-0.25, -0.2) is 8.42 Å². The highest BCUT2D eigenvalue weighted by molar-refractivity contribution is 7.92. The molecule has 0 spiro atoms. The van der Waals surface area contributed by atoms with Crippen molar-refractivity contribution >= 4 is 38.6 Å². The highest BCUT2D eigenvalue weighted by Crippen LogP contribution is 2.22. The van der Waals surface area contributed by atoms with Crippen LogP contribution < -0.4 is 10.5 Å². The summed E-state index contributed by atoms with van der Waals surface area (Å²) in [6.45, 7) is 0.195. The van der Waals surface area contributed by atoms with Gasteiger partial charge in [-0.05, 0) is 35.2 Å². The van der Waals surface area contributed by atoms with E-state index in [0.29, 0.717) is 16.3 Å². The van der Waals surface area contributed by atoms with Gasteiger partial charge < -0.3 is 5.73 Å². The van der Waals surface area contributed by atoms with E-state index in [2.05, 4.69) is 4.72 Å². The van der Waals surface area contributed by atoms with Gasteiger partial charge in [0.15, 0.2) is 0 Å². The van der Waals surface area contributed by atoms with Crippen LogP contribution in [0.1, 0.15) is 5.56 Å². The molecular formula is C11H11ClN2O2S2. The summed E-state index contributed by atoms with van der Waals surface area (Å²) in [7, 11) is -3.59. The number of benzene rings is 1. The molecule has 0 saturated heterocycles. The summed E-state index contributed by atoms with van der Waals surface area (Å²) in [5.41, 5.74) is 6.65. The highest BCUT2D eigenvalue weighted by atomic mass is 35.5. The Labute approximate surface area is 114 Å². The zero-order valence-electron chi connectivity index (χ0n) is 9.26. The first-order valence-electron chi connectivity index (χ1n) is 5.06. The number of sulfonamides is 1. The number of nitrogens with one attached hydrogen (secondary N) is 1. The van der Waals surface area contributed by atoms with Crippen LogP contribution in [0.3, 0.4) is 0 Å². The Morgan fingerprint density at radius 1 is 1.33 bits per heavy atom. The Balaban J connectivity index is 2.35. The molecule has 0 unspecified atom stereocenters.